The monoisotopic (exact) mass is 350 g/mol. The molecule has 5 nitrogen and oxygen atoms in total. The number of aromatic amines is 1. The molecule has 5 heteroatoms. The molecule has 0 bridgehead atoms. The van der Waals surface area contributed by atoms with Crippen LogP contribution in [-0.2, 0) is 16.1 Å². The van der Waals surface area contributed by atoms with Crippen molar-refractivity contribution in [3.63, 3.8) is 0 Å². The minimum absolute atomic E-state index is 0.275. The normalized spacial score (nSPS) is 11.5. The van der Waals surface area contributed by atoms with E-state index in [2.05, 4.69) is 22.6 Å². The second-order valence-corrected chi connectivity index (χ2v) is 6.14. The quantitative estimate of drug-likeness (QED) is 0.520. The lowest BCUT2D eigenvalue weighted by atomic mass is 10.0. The average molecular weight is 350 g/mol. The Kier molecular flexibility index (Phi) is 5.19. The van der Waals surface area contributed by atoms with Gasteiger partial charge in [0.2, 0.25) is 0 Å². The van der Waals surface area contributed by atoms with Crippen molar-refractivity contribution in [2.75, 3.05) is 13.7 Å². The van der Waals surface area contributed by atoms with Gasteiger partial charge in [-0.2, -0.15) is 0 Å². The number of ether oxygens (including phenoxy) is 2. The van der Waals surface area contributed by atoms with Crippen molar-refractivity contribution >= 4 is 33.9 Å². The van der Waals surface area contributed by atoms with Gasteiger partial charge in [0.05, 0.1) is 24.9 Å². The Hall–Kier alpha value is -2.92. The SMILES string of the molecule is C=C(C)/C=C/c1ccc2[nH]c3cnc(C(=O)OCC)c(COC)c3c2c1. The Labute approximate surface area is 152 Å². The molecule has 134 valence electrons. The maximum atomic E-state index is 12.3. The Bertz CT molecular complexity index is 1010. The molecule has 26 heavy (non-hydrogen) atoms. The van der Waals surface area contributed by atoms with Gasteiger partial charge in [-0.05, 0) is 31.5 Å². The highest BCUT2D eigenvalue weighted by molar-refractivity contribution is 6.11. The van der Waals surface area contributed by atoms with Gasteiger partial charge in [-0.1, -0.05) is 30.4 Å². The number of rotatable bonds is 6. The molecule has 1 aromatic carbocycles. The summed E-state index contributed by atoms with van der Waals surface area (Å²) in [5.41, 5.74) is 4.91. The topological polar surface area (TPSA) is 64.2 Å². The van der Waals surface area contributed by atoms with Gasteiger partial charge in [-0.3, -0.25) is 0 Å². The summed E-state index contributed by atoms with van der Waals surface area (Å²) in [5.74, 6) is -0.436. The fourth-order valence-corrected chi connectivity index (χ4v) is 2.98. The lowest BCUT2D eigenvalue weighted by Crippen LogP contribution is -2.11. The summed E-state index contributed by atoms with van der Waals surface area (Å²) in [6, 6.07) is 6.14. The predicted molar refractivity (Wildman–Crippen MR) is 104 cm³/mol. The van der Waals surface area contributed by atoms with E-state index in [1.165, 1.54) is 0 Å². The van der Waals surface area contributed by atoms with Crippen LogP contribution in [0.1, 0.15) is 35.5 Å². The van der Waals surface area contributed by atoms with Gasteiger partial charge in [-0.15, -0.1) is 0 Å². The lowest BCUT2D eigenvalue weighted by molar-refractivity contribution is 0.0514. The molecule has 0 aliphatic carbocycles. The van der Waals surface area contributed by atoms with Gasteiger partial charge in [0.15, 0.2) is 5.69 Å². The average Bonchev–Trinajstić information content (AvgIpc) is 2.98. The zero-order chi connectivity index (χ0) is 18.7. The van der Waals surface area contributed by atoms with Crippen LogP contribution in [0, 0.1) is 0 Å². The number of aromatic nitrogens is 2. The molecule has 0 saturated carbocycles. The maximum Gasteiger partial charge on any atom is 0.357 e. The molecule has 0 fully saturated rings. The fourth-order valence-electron chi connectivity index (χ4n) is 2.98. The van der Waals surface area contributed by atoms with Gasteiger partial charge >= 0.3 is 5.97 Å². The van der Waals surface area contributed by atoms with E-state index in [-0.39, 0.29) is 6.61 Å². The minimum Gasteiger partial charge on any atom is -0.461 e. The first-order chi connectivity index (χ1) is 12.5. The Morgan fingerprint density at radius 2 is 2.15 bits per heavy atom. The standard InChI is InChI=1S/C21H22N2O3/c1-5-26-21(24)20-16(12-25-4)19-15-10-14(7-6-13(2)3)8-9-17(15)23-18(19)11-22-20/h6-11,23H,2,5,12H2,1,3-4H3/b7-6+. The first-order valence-corrected chi connectivity index (χ1v) is 8.48. The summed E-state index contributed by atoms with van der Waals surface area (Å²) in [7, 11) is 1.60. The number of nitrogens with one attached hydrogen (secondary N) is 1. The Morgan fingerprint density at radius 3 is 2.85 bits per heavy atom. The number of carbonyl (C=O) groups excluding carboxylic acids is 1. The molecule has 2 heterocycles. The summed E-state index contributed by atoms with van der Waals surface area (Å²) >= 11 is 0. The molecule has 3 rings (SSSR count). The third kappa shape index (κ3) is 3.39. The van der Waals surface area contributed by atoms with Crippen molar-refractivity contribution in [3.05, 3.63) is 59.4 Å². The summed E-state index contributed by atoms with van der Waals surface area (Å²) in [5, 5.41) is 1.95. The van der Waals surface area contributed by atoms with Crippen molar-refractivity contribution in [2.45, 2.75) is 20.5 Å². The summed E-state index contributed by atoms with van der Waals surface area (Å²) in [6.07, 6.45) is 5.66. The smallest absolute Gasteiger partial charge is 0.357 e. The number of benzene rings is 1. The largest absolute Gasteiger partial charge is 0.461 e. The molecule has 0 spiro atoms. The molecule has 0 radical (unpaired) electrons. The van der Waals surface area contributed by atoms with Gasteiger partial charge in [-0.25, -0.2) is 9.78 Å². The van der Waals surface area contributed by atoms with Crippen molar-refractivity contribution in [2.24, 2.45) is 0 Å². The number of pyridine rings is 1. The van der Waals surface area contributed by atoms with Crippen LogP contribution in [0.5, 0.6) is 0 Å². The maximum absolute atomic E-state index is 12.3. The number of fused-ring (bicyclic) bond motifs is 3. The Balaban J connectivity index is 2.26. The van der Waals surface area contributed by atoms with E-state index in [1.54, 1.807) is 20.2 Å². The second kappa shape index (κ2) is 7.54. The first kappa shape index (κ1) is 17.9. The van der Waals surface area contributed by atoms with Crippen LogP contribution in [0.15, 0.2) is 42.6 Å². The highest BCUT2D eigenvalue weighted by atomic mass is 16.5. The number of hydrogen-bond donors (Lipinski definition) is 1. The van der Waals surface area contributed by atoms with Crippen molar-refractivity contribution in [1.82, 2.24) is 9.97 Å². The number of hydrogen-bond acceptors (Lipinski definition) is 4. The van der Waals surface area contributed by atoms with Crippen LogP contribution in [0.3, 0.4) is 0 Å². The van der Waals surface area contributed by atoms with E-state index in [9.17, 15) is 4.79 Å². The first-order valence-electron chi connectivity index (χ1n) is 8.48. The molecule has 0 saturated heterocycles. The number of methoxy groups -OCH3 is 1. The minimum atomic E-state index is -0.436. The van der Waals surface area contributed by atoms with Crippen LogP contribution in [-0.4, -0.2) is 29.7 Å². The van der Waals surface area contributed by atoms with Gasteiger partial charge in [0, 0.05) is 29.0 Å². The molecule has 0 unspecified atom stereocenters. The lowest BCUT2D eigenvalue weighted by Gasteiger charge is -2.09. The van der Waals surface area contributed by atoms with E-state index in [1.807, 2.05) is 31.2 Å². The van der Waals surface area contributed by atoms with E-state index < -0.39 is 5.97 Å². The van der Waals surface area contributed by atoms with E-state index in [4.69, 9.17) is 9.47 Å². The van der Waals surface area contributed by atoms with Gasteiger partial charge in [0.1, 0.15) is 0 Å². The van der Waals surface area contributed by atoms with E-state index in [0.717, 1.165) is 38.5 Å². The molecule has 0 atom stereocenters. The van der Waals surface area contributed by atoms with E-state index >= 15 is 0 Å². The number of H-pyrrole nitrogens is 1. The fraction of sp³-hybridized carbons (Fsp3) is 0.238. The molecule has 1 N–H and O–H groups in total. The molecule has 2 aromatic heterocycles. The zero-order valence-electron chi connectivity index (χ0n) is 15.3. The van der Waals surface area contributed by atoms with Crippen LogP contribution >= 0.6 is 0 Å². The molecule has 0 amide bonds. The second-order valence-electron chi connectivity index (χ2n) is 6.14. The van der Waals surface area contributed by atoms with Gasteiger partial charge < -0.3 is 14.5 Å². The zero-order valence-corrected chi connectivity index (χ0v) is 15.3. The van der Waals surface area contributed by atoms with Crippen molar-refractivity contribution in [1.29, 1.82) is 0 Å². The third-order valence-corrected chi connectivity index (χ3v) is 4.08. The molecule has 0 aliphatic heterocycles. The Morgan fingerprint density at radius 1 is 1.35 bits per heavy atom. The molecular formula is C21H22N2O3. The summed E-state index contributed by atoms with van der Waals surface area (Å²) in [6.45, 7) is 8.19. The van der Waals surface area contributed by atoms with Crippen molar-refractivity contribution in [3.8, 4) is 0 Å². The highest BCUT2D eigenvalue weighted by Crippen LogP contribution is 2.31. The predicted octanol–water partition coefficient (Wildman–Crippen LogP) is 4.63. The number of allylic oxidation sites excluding steroid dienone is 2. The highest BCUT2D eigenvalue weighted by Gasteiger charge is 2.20. The van der Waals surface area contributed by atoms with Crippen molar-refractivity contribution < 1.29 is 14.3 Å². The van der Waals surface area contributed by atoms with Crippen LogP contribution in [0.25, 0.3) is 27.9 Å². The molecular weight excluding hydrogens is 328 g/mol. The van der Waals surface area contributed by atoms with Crippen LogP contribution in [0.4, 0.5) is 0 Å². The molecule has 3 aromatic rings. The third-order valence-electron chi connectivity index (χ3n) is 4.08. The van der Waals surface area contributed by atoms with Crippen LogP contribution < -0.4 is 0 Å². The van der Waals surface area contributed by atoms with Crippen LogP contribution in [0.2, 0.25) is 0 Å². The number of carbonyl (C=O) groups is 1. The summed E-state index contributed by atoms with van der Waals surface area (Å²) in [4.78, 5) is 20.0. The number of esters is 1. The number of nitrogens with zero attached hydrogens (tertiary/aromatic N) is 1. The van der Waals surface area contributed by atoms with Gasteiger partial charge in [0.25, 0.3) is 0 Å². The van der Waals surface area contributed by atoms with E-state index in [0.29, 0.717) is 12.3 Å². The molecule has 0 aliphatic rings. The summed E-state index contributed by atoms with van der Waals surface area (Å²) < 4.78 is 10.5.